The molecule has 0 saturated carbocycles. The molecule has 0 radical (unpaired) electrons. The first kappa shape index (κ1) is 22.6. The van der Waals surface area contributed by atoms with Crippen molar-refractivity contribution in [1.29, 1.82) is 0 Å². The first-order valence-electron chi connectivity index (χ1n) is 11.1. The normalized spacial score (nSPS) is 16.9. The van der Waals surface area contributed by atoms with Gasteiger partial charge in [0.15, 0.2) is 11.6 Å². The van der Waals surface area contributed by atoms with E-state index in [1.165, 1.54) is 19.2 Å². The third-order valence-corrected chi connectivity index (χ3v) is 5.96. The van der Waals surface area contributed by atoms with Gasteiger partial charge < -0.3 is 4.90 Å². The van der Waals surface area contributed by atoms with Crippen LogP contribution in [0, 0.1) is 11.6 Å². The maximum absolute atomic E-state index is 14.5. The Morgan fingerprint density at radius 1 is 1.20 bits per heavy atom. The number of hydrogen-bond donors (Lipinski definition) is 0. The Morgan fingerprint density at radius 2 is 2.06 bits per heavy atom. The molecule has 1 saturated heterocycles. The molecule has 10 heteroatoms. The fourth-order valence-corrected chi connectivity index (χ4v) is 4.31. The molecule has 0 aliphatic carbocycles. The van der Waals surface area contributed by atoms with Gasteiger partial charge in [-0.2, -0.15) is 14.6 Å². The van der Waals surface area contributed by atoms with Gasteiger partial charge in [0.25, 0.3) is 0 Å². The summed E-state index contributed by atoms with van der Waals surface area (Å²) in [5, 5.41) is 8.76. The van der Waals surface area contributed by atoms with E-state index in [0.29, 0.717) is 46.8 Å². The average molecular weight is 477 g/mol. The zero-order chi connectivity index (χ0) is 24.5. The van der Waals surface area contributed by atoms with Crippen LogP contribution in [0.4, 0.5) is 19.0 Å². The molecule has 1 atom stereocenters. The van der Waals surface area contributed by atoms with Crippen LogP contribution in [0.3, 0.4) is 0 Å². The van der Waals surface area contributed by atoms with Crippen LogP contribution in [0.5, 0.6) is 0 Å². The minimum atomic E-state index is -0.561. The van der Waals surface area contributed by atoms with Crippen LogP contribution in [0.25, 0.3) is 16.9 Å². The largest absolute Gasteiger partial charge is 0.349 e. The van der Waals surface area contributed by atoms with Gasteiger partial charge in [-0.05, 0) is 37.1 Å². The smallest absolute Gasteiger partial charge is 0.185 e. The fourth-order valence-electron chi connectivity index (χ4n) is 4.31. The van der Waals surface area contributed by atoms with Crippen molar-refractivity contribution in [1.82, 2.24) is 24.4 Å². The summed E-state index contributed by atoms with van der Waals surface area (Å²) >= 11 is 0. The maximum Gasteiger partial charge on any atom is 0.185 e. The molecule has 0 unspecified atom stereocenters. The lowest BCUT2D eigenvalue weighted by Gasteiger charge is -2.26. The molecule has 1 aliphatic rings. The molecular weight excluding hydrogens is 455 g/mol. The SMILES string of the molecule is C=C/C(=C\N=C(C)F)c1cnn(-c2cnn3ccc(N4CCC[C@@H]4c4cc(F)ccc4F)nc23)c1. The van der Waals surface area contributed by atoms with Crippen LogP contribution in [0.2, 0.25) is 0 Å². The van der Waals surface area contributed by atoms with Gasteiger partial charge in [-0.3, -0.25) is 0 Å². The summed E-state index contributed by atoms with van der Waals surface area (Å²) in [4.78, 5) is 10.5. The standard InChI is InChI=1S/C25H22F3N7/c1-3-17(12-29-16(2)26)18-13-30-35(15-18)23-14-31-34-10-8-24(32-25(23)34)33-9-4-5-22(33)20-11-19(27)6-7-21(20)28/h3,6-8,10-15,22H,1,4-5,9H2,2H3/b17-12+,29-16?/t22-/m1/s1. The fraction of sp³-hybridized carbons (Fsp3) is 0.200. The molecule has 0 amide bonds. The van der Waals surface area contributed by atoms with Crippen LogP contribution < -0.4 is 4.90 Å². The molecule has 4 aromatic rings. The van der Waals surface area contributed by atoms with Crippen LogP contribution in [-0.4, -0.2) is 36.9 Å². The number of aliphatic imine (C=N–C) groups is 1. The first-order valence-corrected chi connectivity index (χ1v) is 11.1. The Hall–Kier alpha value is -4.21. The Bertz CT molecular complexity index is 1460. The maximum atomic E-state index is 14.5. The number of benzene rings is 1. The molecule has 0 N–H and O–H groups in total. The highest BCUT2D eigenvalue weighted by Crippen LogP contribution is 2.37. The summed E-state index contributed by atoms with van der Waals surface area (Å²) in [5.74, 6) is -0.826. The molecule has 0 bridgehead atoms. The van der Waals surface area contributed by atoms with Crippen LogP contribution >= 0.6 is 0 Å². The molecule has 1 aromatic carbocycles. The molecule has 35 heavy (non-hydrogen) atoms. The quantitative estimate of drug-likeness (QED) is 0.274. The van der Waals surface area contributed by atoms with Crippen LogP contribution in [0.1, 0.15) is 36.9 Å². The van der Waals surface area contributed by atoms with Crippen molar-refractivity contribution >= 4 is 23.0 Å². The number of aromatic nitrogens is 5. The molecule has 1 aliphatic heterocycles. The molecule has 5 rings (SSSR count). The first-order chi connectivity index (χ1) is 16.9. The minimum Gasteiger partial charge on any atom is -0.349 e. The zero-order valence-corrected chi connectivity index (χ0v) is 18.9. The van der Waals surface area contributed by atoms with Gasteiger partial charge in [0.1, 0.15) is 23.1 Å². The molecule has 4 heterocycles. The topological polar surface area (TPSA) is 63.6 Å². The molecule has 3 aromatic heterocycles. The number of fused-ring (bicyclic) bond motifs is 1. The molecule has 7 nitrogen and oxygen atoms in total. The minimum absolute atomic E-state index is 0.317. The van der Waals surface area contributed by atoms with Crippen molar-refractivity contribution in [2.45, 2.75) is 25.8 Å². The van der Waals surface area contributed by atoms with E-state index in [1.807, 2.05) is 11.0 Å². The van der Waals surface area contributed by atoms with Crippen LogP contribution in [-0.2, 0) is 0 Å². The highest BCUT2D eigenvalue weighted by atomic mass is 19.1. The van der Waals surface area contributed by atoms with Crippen molar-refractivity contribution in [2.24, 2.45) is 4.99 Å². The summed E-state index contributed by atoms with van der Waals surface area (Å²) in [7, 11) is 0. The molecule has 178 valence electrons. The lowest BCUT2D eigenvalue weighted by atomic mass is 10.0. The summed E-state index contributed by atoms with van der Waals surface area (Å²) in [6, 6.07) is 5.03. The number of halogens is 3. The van der Waals surface area contributed by atoms with E-state index in [-0.39, 0.29) is 6.04 Å². The second-order valence-corrected chi connectivity index (χ2v) is 8.19. The summed E-state index contributed by atoms with van der Waals surface area (Å²) in [5.41, 5.74) is 2.80. The van der Waals surface area contributed by atoms with E-state index < -0.39 is 17.6 Å². The van der Waals surface area contributed by atoms with E-state index in [9.17, 15) is 13.2 Å². The van der Waals surface area contributed by atoms with E-state index in [1.54, 1.807) is 40.1 Å². The van der Waals surface area contributed by atoms with E-state index in [4.69, 9.17) is 4.98 Å². The van der Waals surface area contributed by atoms with Crippen molar-refractivity contribution in [2.75, 3.05) is 11.4 Å². The van der Waals surface area contributed by atoms with E-state index in [2.05, 4.69) is 21.8 Å². The number of nitrogens with zero attached hydrogens (tertiary/aromatic N) is 7. The van der Waals surface area contributed by atoms with Gasteiger partial charge in [0, 0.05) is 48.8 Å². The van der Waals surface area contributed by atoms with Gasteiger partial charge in [0.2, 0.25) is 0 Å². The zero-order valence-electron chi connectivity index (χ0n) is 18.9. The Morgan fingerprint density at radius 3 is 2.86 bits per heavy atom. The monoisotopic (exact) mass is 477 g/mol. The van der Waals surface area contributed by atoms with Crippen LogP contribution in [0.15, 0.2) is 72.9 Å². The van der Waals surface area contributed by atoms with Gasteiger partial charge in [-0.1, -0.05) is 12.7 Å². The predicted octanol–water partition coefficient (Wildman–Crippen LogP) is 5.45. The van der Waals surface area contributed by atoms with Gasteiger partial charge in [-0.15, -0.1) is 0 Å². The summed E-state index contributed by atoms with van der Waals surface area (Å²) in [6.07, 6.45) is 11.3. The highest BCUT2D eigenvalue weighted by molar-refractivity contribution is 5.77. The lowest BCUT2D eigenvalue weighted by molar-refractivity contribution is 0.560. The molecule has 0 spiro atoms. The number of allylic oxidation sites excluding steroid dienone is 2. The van der Waals surface area contributed by atoms with Crippen molar-refractivity contribution in [3.05, 3.63) is 90.7 Å². The van der Waals surface area contributed by atoms with Gasteiger partial charge >= 0.3 is 0 Å². The number of hydrogen-bond acceptors (Lipinski definition) is 5. The van der Waals surface area contributed by atoms with Gasteiger partial charge in [-0.25, -0.2) is 28.0 Å². The lowest BCUT2D eigenvalue weighted by Crippen LogP contribution is -2.24. The second-order valence-electron chi connectivity index (χ2n) is 8.19. The average Bonchev–Trinajstić information content (AvgIpc) is 3.60. The number of anilines is 1. The van der Waals surface area contributed by atoms with E-state index in [0.717, 1.165) is 18.6 Å². The highest BCUT2D eigenvalue weighted by Gasteiger charge is 2.30. The van der Waals surface area contributed by atoms with Gasteiger partial charge in [0.05, 0.1) is 18.4 Å². The van der Waals surface area contributed by atoms with Crippen molar-refractivity contribution < 1.29 is 13.2 Å². The Kier molecular flexibility index (Phi) is 5.94. The third kappa shape index (κ3) is 4.34. The third-order valence-electron chi connectivity index (χ3n) is 5.96. The summed E-state index contributed by atoms with van der Waals surface area (Å²) in [6.45, 7) is 5.68. The Balaban J connectivity index is 1.51. The molecular formula is C25H22F3N7. The second kappa shape index (κ2) is 9.21. The Labute approximate surface area is 199 Å². The van der Waals surface area contributed by atoms with Crippen molar-refractivity contribution in [3.8, 4) is 5.69 Å². The van der Waals surface area contributed by atoms with E-state index >= 15 is 0 Å². The molecule has 1 fully saturated rings. The number of rotatable bonds is 6. The predicted molar refractivity (Wildman–Crippen MR) is 128 cm³/mol. The summed E-state index contributed by atoms with van der Waals surface area (Å²) < 4.78 is 44.7. The van der Waals surface area contributed by atoms with Crippen molar-refractivity contribution in [3.63, 3.8) is 0 Å².